The van der Waals surface area contributed by atoms with Gasteiger partial charge in [-0.1, -0.05) is 0 Å². The number of H-pyrrole nitrogens is 1. The highest BCUT2D eigenvalue weighted by Crippen LogP contribution is 2.10. The third-order valence-corrected chi connectivity index (χ3v) is 2.50. The average molecular weight is 228 g/mol. The fourth-order valence-corrected chi connectivity index (χ4v) is 1.73. The third kappa shape index (κ3) is 1.84. The van der Waals surface area contributed by atoms with Crippen molar-refractivity contribution < 1.29 is 0 Å². The topological polar surface area (TPSA) is 85.4 Å². The Hall–Kier alpha value is -2.37. The normalized spacial score (nSPS) is 11.1. The van der Waals surface area contributed by atoms with Crippen LogP contribution in [0.15, 0.2) is 24.5 Å². The quantitative estimate of drug-likeness (QED) is 0.687. The highest BCUT2D eigenvalue weighted by atomic mass is 15.3. The number of hydrogen-bond acceptors (Lipinski definition) is 4. The highest BCUT2D eigenvalue weighted by molar-refractivity contribution is 5.70. The first-order chi connectivity index (χ1) is 8.20. The van der Waals surface area contributed by atoms with Crippen LogP contribution in [0.25, 0.3) is 11.2 Å². The van der Waals surface area contributed by atoms with Gasteiger partial charge in [0.25, 0.3) is 0 Å². The fraction of sp³-hybridized carbons (Fsp3) is 0.182. The molecule has 0 bridgehead atoms. The molecule has 3 heterocycles. The molecule has 3 aromatic heterocycles. The van der Waals surface area contributed by atoms with E-state index in [1.54, 1.807) is 17.1 Å². The molecular formula is C11H12N6. The molecule has 3 rings (SSSR count). The summed E-state index contributed by atoms with van der Waals surface area (Å²) >= 11 is 0. The number of aryl methyl sites for hydroxylation is 1. The van der Waals surface area contributed by atoms with Crippen molar-refractivity contribution in [3.63, 3.8) is 0 Å². The molecule has 6 nitrogen and oxygen atoms in total. The molecule has 0 saturated carbocycles. The van der Waals surface area contributed by atoms with Crippen molar-refractivity contribution in [3.05, 3.63) is 36.0 Å². The van der Waals surface area contributed by atoms with Crippen LogP contribution in [0.4, 0.5) is 5.69 Å². The van der Waals surface area contributed by atoms with E-state index in [1.165, 1.54) is 0 Å². The lowest BCUT2D eigenvalue weighted by Crippen LogP contribution is -2.01. The summed E-state index contributed by atoms with van der Waals surface area (Å²) in [5.41, 5.74) is 8.88. The summed E-state index contributed by atoms with van der Waals surface area (Å²) in [7, 11) is 0. The molecule has 0 spiro atoms. The molecule has 0 aromatic carbocycles. The lowest BCUT2D eigenvalue weighted by molar-refractivity contribution is 0.663. The van der Waals surface area contributed by atoms with Crippen LogP contribution >= 0.6 is 0 Å². The number of aromatic amines is 1. The first kappa shape index (κ1) is 9.83. The van der Waals surface area contributed by atoms with E-state index in [9.17, 15) is 0 Å². The average Bonchev–Trinajstić information content (AvgIpc) is 2.84. The van der Waals surface area contributed by atoms with E-state index < -0.39 is 0 Å². The van der Waals surface area contributed by atoms with Gasteiger partial charge in [-0.15, -0.1) is 0 Å². The number of anilines is 1. The summed E-state index contributed by atoms with van der Waals surface area (Å²) in [6.45, 7) is 2.51. The molecule has 0 aliphatic heterocycles. The lowest BCUT2D eigenvalue weighted by atomic mass is 10.4. The molecule has 0 fully saturated rings. The van der Waals surface area contributed by atoms with Crippen LogP contribution in [0, 0.1) is 6.92 Å². The van der Waals surface area contributed by atoms with E-state index in [-0.39, 0.29) is 0 Å². The predicted molar refractivity (Wildman–Crippen MR) is 64.4 cm³/mol. The monoisotopic (exact) mass is 228 g/mol. The Kier molecular flexibility index (Phi) is 2.07. The Morgan fingerprint density at radius 1 is 1.35 bits per heavy atom. The summed E-state index contributed by atoms with van der Waals surface area (Å²) in [5, 5.41) is 4.11. The number of imidazole rings is 1. The van der Waals surface area contributed by atoms with Gasteiger partial charge in [-0.3, -0.25) is 4.68 Å². The number of nitrogen functional groups attached to an aromatic ring is 1. The van der Waals surface area contributed by atoms with E-state index >= 15 is 0 Å². The summed E-state index contributed by atoms with van der Waals surface area (Å²) in [6, 6.07) is 3.93. The summed E-state index contributed by atoms with van der Waals surface area (Å²) in [4.78, 5) is 12.0. The smallest absolute Gasteiger partial charge is 0.178 e. The second kappa shape index (κ2) is 3.58. The molecule has 6 heteroatoms. The van der Waals surface area contributed by atoms with Crippen molar-refractivity contribution in [2.75, 3.05) is 5.73 Å². The molecule has 0 amide bonds. The molecule has 0 unspecified atom stereocenters. The number of fused-ring (bicyclic) bond motifs is 1. The number of nitrogens with two attached hydrogens (primary N) is 1. The number of pyridine rings is 1. The van der Waals surface area contributed by atoms with Crippen LogP contribution in [0.2, 0.25) is 0 Å². The van der Waals surface area contributed by atoms with Crippen LogP contribution < -0.4 is 5.73 Å². The van der Waals surface area contributed by atoms with E-state index in [2.05, 4.69) is 20.1 Å². The van der Waals surface area contributed by atoms with Gasteiger partial charge in [0.1, 0.15) is 5.82 Å². The zero-order valence-corrected chi connectivity index (χ0v) is 9.38. The molecule has 0 atom stereocenters. The standard InChI is InChI=1S/C11H12N6/c1-7-2-3-9-11(14-7)16-10(15-9)6-17-5-8(12)4-13-17/h2-5H,6,12H2,1H3,(H,14,15,16). The Bertz CT molecular complexity index is 665. The Labute approximate surface area is 97.5 Å². The SMILES string of the molecule is Cc1ccc2[nH]c(Cn3cc(N)cn3)nc2n1. The van der Waals surface area contributed by atoms with Crippen molar-refractivity contribution in [1.29, 1.82) is 0 Å². The van der Waals surface area contributed by atoms with Gasteiger partial charge in [0, 0.05) is 11.9 Å². The summed E-state index contributed by atoms with van der Waals surface area (Å²) in [5.74, 6) is 0.821. The van der Waals surface area contributed by atoms with Crippen LogP contribution in [-0.2, 0) is 6.54 Å². The lowest BCUT2D eigenvalue weighted by Gasteiger charge is -1.95. The van der Waals surface area contributed by atoms with Gasteiger partial charge in [-0.25, -0.2) is 9.97 Å². The molecule has 3 aromatic rings. The van der Waals surface area contributed by atoms with Crippen LogP contribution in [0.1, 0.15) is 11.5 Å². The number of aromatic nitrogens is 5. The Balaban J connectivity index is 1.95. The van der Waals surface area contributed by atoms with Crippen LogP contribution in [-0.4, -0.2) is 24.7 Å². The molecule has 3 N–H and O–H groups in total. The van der Waals surface area contributed by atoms with Crippen molar-refractivity contribution >= 4 is 16.9 Å². The Morgan fingerprint density at radius 3 is 3.00 bits per heavy atom. The first-order valence-electron chi connectivity index (χ1n) is 5.31. The zero-order valence-electron chi connectivity index (χ0n) is 9.38. The Morgan fingerprint density at radius 2 is 2.24 bits per heavy atom. The van der Waals surface area contributed by atoms with E-state index in [1.807, 2.05) is 19.1 Å². The maximum atomic E-state index is 5.60. The number of nitrogens with zero attached hydrogens (tertiary/aromatic N) is 4. The minimum absolute atomic E-state index is 0.562. The molecular weight excluding hydrogens is 216 g/mol. The van der Waals surface area contributed by atoms with E-state index in [0.717, 1.165) is 22.7 Å². The van der Waals surface area contributed by atoms with E-state index in [4.69, 9.17) is 5.73 Å². The van der Waals surface area contributed by atoms with E-state index in [0.29, 0.717) is 12.2 Å². The number of nitrogens with one attached hydrogen (secondary N) is 1. The molecule has 0 saturated heterocycles. The van der Waals surface area contributed by atoms with Gasteiger partial charge < -0.3 is 10.7 Å². The van der Waals surface area contributed by atoms with Gasteiger partial charge in [-0.05, 0) is 19.1 Å². The molecule has 86 valence electrons. The van der Waals surface area contributed by atoms with Gasteiger partial charge >= 0.3 is 0 Å². The first-order valence-corrected chi connectivity index (χ1v) is 5.31. The zero-order chi connectivity index (χ0) is 11.8. The van der Waals surface area contributed by atoms with Crippen LogP contribution in [0.5, 0.6) is 0 Å². The summed E-state index contributed by atoms with van der Waals surface area (Å²) in [6.07, 6.45) is 3.39. The highest BCUT2D eigenvalue weighted by Gasteiger charge is 2.05. The third-order valence-electron chi connectivity index (χ3n) is 2.50. The van der Waals surface area contributed by atoms with Gasteiger partial charge in [0.05, 0.1) is 23.9 Å². The second-order valence-corrected chi connectivity index (χ2v) is 3.98. The molecule has 0 aliphatic rings. The number of rotatable bonds is 2. The van der Waals surface area contributed by atoms with Crippen molar-refractivity contribution in [1.82, 2.24) is 24.7 Å². The largest absolute Gasteiger partial charge is 0.396 e. The van der Waals surface area contributed by atoms with Gasteiger partial charge in [0.2, 0.25) is 0 Å². The maximum absolute atomic E-state index is 5.60. The minimum atomic E-state index is 0.562. The maximum Gasteiger partial charge on any atom is 0.178 e. The molecule has 0 radical (unpaired) electrons. The second-order valence-electron chi connectivity index (χ2n) is 3.98. The molecule has 17 heavy (non-hydrogen) atoms. The minimum Gasteiger partial charge on any atom is -0.396 e. The van der Waals surface area contributed by atoms with Crippen LogP contribution in [0.3, 0.4) is 0 Å². The fourth-order valence-electron chi connectivity index (χ4n) is 1.73. The predicted octanol–water partition coefficient (Wildman–Crippen LogP) is 1.09. The van der Waals surface area contributed by atoms with Gasteiger partial charge in [0.15, 0.2) is 5.65 Å². The van der Waals surface area contributed by atoms with Crippen molar-refractivity contribution in [3.8, 4) is 0 Å². The van der Waals surface area contributed by atoms with Crippen molar-refractivity contribution in [2.24, 2.45) is 0 Å². The molecule has 0 aliphatic carbocycles. The number of hydrogen-bond donors (Lipinski definition) is 2. The van der Waals surface area contributed by atoms with Crippen molar-refractivity contribution in [2.45, 2.75) is 13.5 Å². The van der Waals surface area contributed by atoms with Gasteiger partial charge in [-0.2, -0.15) is 5.10 Å². The summed E-state index contributed by atoms with van der Waals surface area (Å²) < 4.78 is 1.74.